The van der Waals surface area contributed by atoms with Gasteiger partial charge in [0, 0.05) is 11.7 Å². The minimum Gasteiger partial charge on any atom is -0.478 e. The van der Waals surface area contributed by atoms with Gasteiger partial charge in [0.1, 0.15) is 0 Å². The van der Waals surface area contributed by atoms with Gasteiger partial charge in [-0.05, 0) is 30.7 Å². The van der Waals surface area contributed by atoms with Gasteiger partial charge >= 0.3 is 5.97 Å². The predicted molar refractivity (Wildman–Crippen MR) is 64.1 cm³/mol. The van der Waals surface area contributed by atoms with Gasteiger partial charge in [-0.2, -0.15) is 0 Å². The van der Waals surface area contributed by atoms with E-state index < -0.39 is 15.8 Å². The Balaban J connectivity index is 2.03. The summed E-state index contributed by atoms with van der Waals surface area (Å²) in [7, 11) is -2.89. The van der Waals surface area contributed by atoms with E-state index in [1.807, 2.05) is 0 Å². The van der Waals surface area contributed by atoms with Gasteiger partial charge in [0.15, 0.2) is 9.84 Å². The summed E-state index contributed by atoms with van der Waals surface area (Å²) in [6.45, 7) is 0. The van der Waals surface area contributed by atoms with E-state index in [1.165, 1.54) is 12.1 Å². The smallest absolute Gasteiger partial charge is 0.335 e. The molecule has 0 aliphatic carbocycles. The van der Waals surface area contributed by atoms with Crippen molar-refractivity contribution in [2.45, 2.75) is 12.5 Å². The molecule has 1 fully saturated rings. The molecule has 2 rings (SSSR count). The molecule has 17 heavy (non-hydrogen) atoms. The van der Waals surface area contributed by atoms with Crippen molar-refractivity contribution in [1.82, 2.24) is 0 Å². The third-order valence-corrected chi connectivity index (χ3v) is 4.50. The molecule has 1 aromatic rings. The highest BCUT2D eigenvalue weighted by Gasteiger charge is 2.27. The van der Waals surface area contributed by atoms with Crippen molar-refractivity contribution >= 4 is 21.5 Å². The topological polar surface area (TPSA) is 83.5 Å². The standard InChI is InChI=1S/C11H13NO4S/c13-11(14)8-1-3-9(4-2-8)12-10-5-6-17(15,16)7-10/h1-4,10,12H,5-7H2,(H,13,14)/t10-/m1/s1. The Morgan fingerprint density at radius 2 is 1.94 bits per heavy atom. The maximum absolute atomic E-state index is 11.3. The molecule has 92 valence electrons. The number of aromatic carboxylic acids is 1. The Hall–Kier alpha value is -1.56. The van der Waals surface area contributed by atoms with Crippen LogP contribution in [0.3, 0.4) is 0 Å². The molecule has 1 aromatic carbocycles. The second kappa shape index (κ2) is 4.37. The van der Waals surface area contributed by atoms with E-state index in [2.05, 4.69) is 5.32 Å². The molecule has 5 nitrogen and oxygen atoms in total. The van der Waals surface area contributed by atoms with Crippen molar-refractivity contribution in [3.8, 4) is 0 Å². The molecule has 0 bridgehead atoms. The monoisotopic (exact) mass is 255 g/mol. The van der Waals surface area contributed by atoms with Crippen LogP contribution in [0.5, 0.6) is 0 Å². The van der Waals surface area contributed by atoms with Crippen LogP contribution in [0.1, 0.15) is 16.8 Å². The molecule has 0 unspecified atom stereocenters. The summed E-state index contributed by atoms with van der Waals surface area (Å²) >= 11 is 0. The molecular weight excluding hydrogens is 242 g/mol. The number of hydrogen-bond acceptors (Lipinski definition) is 4. The highest BCUT2D eigenvalue weighted by atomic mass is 32.2. The van der Waals surface area contributed by atoms with Crippen LogP contribution in [0.4, 0.5) is 5.69 Å². The Morgan fingerprint density at radius 3 is 2.41 bits per heavy atom. The van der Waals surface area contributed by atoms with Crippen molar-refractivity contribution in [3.63, 3.8) is 0 Å². The molecule has 1 saturated heterocycles. The molecule has 0 saturated carbocycles. The van der Waals surface area contributed by atoms with Crippen LogP contribution in [0.25, 0.3) is 0 Å². The molecular formula is C11H13NO4S. The maximum Gasteiger partial charge on any atom is 0.335 e. The minimum atomic E-state index is -2.89. The lowest BCUT2D eigenvalue weighted by Crippen LogP contribution is -2.20. The number of benzene rings is 1. The number of hydrogen-bond donors (Lipinski definition) is 2. The zero-order valence-corrected chi connectivity index (χ0v) is 9.90. The molecule has 6 heteroatoms. The van der Waals surface area contributed by atoms with Crippen LogP contribution >= 0.6 is 0 Å². The highest BCUT2D eigenvalue weighted by Crippen LogP contribution is 2.17. The van der Waals surface area contributed by atoms with Crippen molar-refractivity contribution in [2.75, 3.05) is 16.8 Å². The Labute approximate surface area is 99.4 Å². The fourth-order valence-corrected chi connectivity index (χ4v) is 3.53. The van der Waals surface area contributed by atoms with Crippen LogP contribution in [0.15, 0.2) is 24.3 Å². The van der Waals surface area contributed by atoms with E-state index >= 15 is 0 Å². The van der Waals surface area contributed by atoms with E-state index in [4.69, 9.17) is 5.11 Å². The normalized spacial score (nSPS) is 22.2. The summed E-state index contributed by atoms with van der Waals surface area (Å²) in [6.07, 6.45) is 0.600. The summed E-state index contributed by atoms with van der Waals surface area (Å²) in [6, 6.07) is 6.21. The molecule has 1 heterocycles. The molecule has 1 aliphatic rings. The number of rotatable bonds is 3. The minimum absolute atomic E-state index is 0.0734. The first-order valence-electron chi connectivity index (χ1n) is 5.26. The average molecular weight is 255 g/mol. The lowest BCUT2D eigenvalue weighted by Gasteiger charge is -2.12. The lowest BCUT2D eigenvalue weighted by atomic mass is 10.2. The first-order valence-corrected chi connectivity index (χ1v) is 7.09. The van der Waals surface area contributed by atoms with Crippen molar-refractivity contribution in [2.24, 2.45) is 0 Å². The van der Waals surface area contributed by atoms with Gasteiger partial charge in [0.2, 0.25) is 0 Å². The van der Waals surface area contributed by atoms with E-state index in [-0.39, 0.29) is 23.1 Å². The van der Waals surface area contributed by atoms with Crippen LogP contribution in [0, 0.1) is 0 Å². The largest absolute Gasteiger partial charge is 0.478 e. The maximum atomic E-state index is 11.3. The Morgan fingerprint density at radius 1 is 1.29 bits per heavy atom. The number of carbonyl (C=O) groups is 1. The summed E-state index contributed by atoms with van der Waals surface area (Å²) in [5.41, 5.74) is 0.965. The van der Waals surface area contributed by atoms with E-state index in [9.17, 15) is 13.2 Å². The molecule has 2 N–H and O–H groups in total. The summed E-state index contributed by atoms with van der Waals surface area (Å²) in [5, 5.41) is 11.8. The van der Waals surface area contributed by atoms with Gasteiger partial charge in [-0.1, -0.05) is 0 Å². The second-order valence-electron chi connectivity index (χ2n) is 4.13. The quantitative estimate of drug-likeness (QED) is 0.841. The van der Waals surface area contributed by atoms with Crippen LogP contribution < -0.4 is 5.32 Å². The zero-order chi connectivity index (χ0) is 12.5. The second-order valence-corrected chi connectivity index (χ2v) is 6.36. The lowest BCUT2D eigenvalue weighted by molar-refractivity contribution is 0.0697. The SMILES string of the molecule is O=C(O)c1ccc(N[C@@H]2CCS(=O)(=O)C2)cc1. The van der Waals surface area contributed by atoms with E-state index in [0.717, 1.165) is 5.69 Å². The third kappa shape index (κ3) is 2.97. The van der Waals surface area contributed by atoms with Crippen molar-refractivity contribution in [1.29, 1.82) is 0 Å². The van der Waals surface area contributed by atoms with E-state index in [1.54, 1.807) is 12.1 Å². The van der Waals surface area contributed by atoms with Crippen molar-refractivity contribution < 1.29 is 18.3 Å². The van der Waals surface area contributed by atoms with E-state index in [0.29, 0.717) is 6.42 Å². The Kier molecular flexibility index (Phi) is 3.06. The molecule has 0 spiro atoms. The zero-order valence-electron chi connectivity index (χ0n) is 9.09. The van der Waals surface area contributed by atoms with Gasteiger partial charge in [0.25, 0.3) is 0 Å². The van der Waals surface area contributed by atoms with Crippen molar-refractivity contribution in [3.05, 3.63) is 29.8 Å². The number of anilines is 1. The summed E-state index contributed by atoms with van der Waals surface area (Å²) in [4.78, 5) is 10.6. The molecule has 0 radical (unpaired) electrons. The number of sulfone groups is 1. The Bertz CT molecular complexity index is 521. The number of nitrogens with one attached hydrogen (secondary N) is 1. The van der Waals surface area contributed by atoms with Gasteiger partial charge in [-0.25, -0.2) is 13.2 Å². The third-order valence-electron chi connectivity index (χ3n) is 2.74. The van der Waals surface area contributed by atoms with Crippen LogP contribution in [-0.2, 0) is 9.84 Å². The van der Waals surface area contributed by atoms with Crippen LogP contribution in [0.2, 0.25) is 0 Å². The molecule has 0 aromatic heterocycles. The van der Waals surface area contributed by atoms with Gasteiger partial charge in [-0.3, -0.25) is 0 Å². The number of carboxylic acids is 1. The van der Waals surface area contributed by atoms with Crippen LogP contribution in [-0.4, -0.2) is 37.0 Å². The first-order chi connectivity index (χ1) is 7.96. The fourth-order valence-electron chi connectivity index (χ4n) is 1.85. The first kappa shape index (κ1) is 11.9. The van der Waals surface area contributed by atoms with Gasteiger partial charge in [0.05, 0.1) is 17.1 Å². The van der Waals surface area contributed by atoms with Gasteiger partial charge < -0.3 is 10.4 Å². The average Bonchev–Trinajstić information content (AvgIpc) is 2.59. The molecule has 0 amide bonds. The fraction of sp³-hybridized carbons (Fsp3) is 0.364. The summed E-state index contributed by atoms with van der Waals surface area (Å²) in [5.74, 6) is -0.606. The molecule has 1 atom stereocenters. The predicted octanol–water partition coefficient (Wildman–Crippen LogP) is 0.984. The number of carboxylic acid groups (broad SMARTS) is 1. The van der Waals surface area contributed by atoms with Gasteiger partial charge in [-0.15, -0.1) is 0 Å². The summed E-state index contributed by atoms with van der Waals surface area (Å²) < 4.78 is 22.5. The molecule has 1 aliphatic heterocycles. The highest BCUT2D eigenvalue weighted by molar-refractivity contribution is 7.91.